The van der Waals surface area contributed by atoms with Crippen molar-refractivity contribution in [1.29, 1.82) is 5.26 Å². The normalized spacial score (nSPS) is 9.75. The third-order valence-corrected chi connectivity index (χ3v) is 2.81. The van der Waals surface area contributed by atoms with Crippen molar-refractivity contribution >= 4 is 11.6 Å². The molecule has 2 rings (SSSR count). The zero-order valence-electron chi connectivity index (χ0n) is 10.7. The zero-order valence-corrected chi connectivity index (χ0v) is 10.7. The molecule has 1 N–H and O–H groups in total. The molecule has 0 fully saturated rings. The van der Waals surface area contributed by atoms with Crippen molar-refractivity contribution in [3.05, 3.63) is 64.6 Å². The van der Waals surface area contributed by atoms with Crippen LogP contribution in [0.25, 0.3) is 0 Å². The lowest BCUT2D eigenvalue weighted by molar-refractivity contribution is 0.0986. The molecule has 0 atom stereocenters. The standard InChI is InChI=1S/C15H13N3O2/c16-8-4-10-18(12-5-2-1-3-6-12)15(20)13-11-17-9-7-14(13)19/h1-3,5-7,9,11H,4,10H2,(H,17,19). The Kier molecular flexibility index (Phi) is 4.30. The predicted molar refractivity (Wildman–Crippen MR) is 75.4 cm³/mol. The van der Waals surface area contributed by atoms with Gasteiger partial charge in [-0.15, -0.1) is 0 Å². The molecule has 0 bridgehead atoms. The minimum atomic E-state index is -0.409. The molecular weight excluding hydrogens is 254 g/mol. The van der Waals surface area contributed by atoms with Crippen LogP contribution in [0.5, 0.6) is 0 Å². The molecule has 0 saturated carbocycles. The molecule has 0 aliphatic rings. The number of rotatable bonds is 4. The van der Waals surface area contributed by atoms with E-state index in [-0.39, 0.29) is 24.0 Å². The molecule has 20 heavy (non-hydrogen) atoms. The van der Waals surface area contributed by atoms with E-state index < -0.39 is 5.91 Å². The van der Waals surface area contributed by atoms with Gasteiger partial charge < -0.3 is 9.88 Å². The van der Waals surface area contributed by atoms with E-state index in [0.717, 1.165) is 0 Å². The lowest BCUT2D eigenvalue weighted by Crippen LogP contribution is -2.34. The summed E-state index contributed by atoms with van der Waals surface area (Å²) in [4.78, 5) is 28.4. The lowest BCUT2D eigenvalue weighted by Gasteiger charge is -2.21. The number of nitrogens with one attached hydrogen (secondary N) is 1. The average Bonchev–Trinajstić information content (AvgIpc) is 2.49. The first-order valence-corrected chi connectivity index (χ1v) is 6.15. The summed E-state index contributed by atoms with van der Waals surface area (Å²) in [6.07, 6.45) is 3.06. The molecule has 1 amide bonds. The molecule has 0 radical (unpaired) electrons. The van der Waals surface area contributed by atoms with Crippen molar-refractivity contribution in [2.24, 2.45) is 0 Å². The fourth-order valence-corrected chi connectivity index (χ4v) is 1.85. The van der Waals surface area contributed by atoms with Gasteiger partial charge in [0.1, 0.15) is 5.56 Å². The number of benzene rings is 1. The van der Waals surface area contributed by atoms with Gasteiger partial charge in [-0.25, -0.2) is 0 Å². The lowest BCUT2D eigenvalue weighted by atomic mass is 10.2. The summed E-state index contributed by atoms with van der Waals surface area (Å²) in [5.74, 6) is -0.409. The highest BCUT2D eigenvalue weighted by Crippen LogP contribution is 2.15. The average molecular weight is 267 g/mol. The van der Waals surface area contributed by atoms with Gasteiger partial charge in [-0.1, -0.05) is 18.2 Å². The van der Waals surface area contributed by atoms with Crippen molar-refractivity contribution in [3.63, 3.8) is 0 Å². The molecule has 5 heteroatoms. The van der Waals surface area contributed by atoms with Crippen LogP contribution >= 0.6 is 0 Å². The van der Waals surface area contributed by atoms with Gasteiger partial charge in [-0.2, -0.15) is 5.26 Å². The maximum Gasteiger partial charge on any atom is 0.263 e. The first-order chi connectivity index (χ1) is 9.74. The number of carbonyl (C=O) groups excluding carboxylic acids is 1. The van der Waals surface area contributed by atoms with Crippen molar-refractivity contribution in [2.45, 2.75) is 6.42 Å². The van der Waals surface area contributed by atoms with Gasteiger partial charge in [0.15, 0.2) is 5.43 Å². The van der Waals surface area contributed by atoms with E-state index >= 15 is 0 Å². The van der Waals surface area contributed by atoms with Crippen molar-refractivity contribution in [1.82, 2.24) is 4.98 Å². The van der Waals surface area contributed by atoms with Gasteiger partial charge in [0.2, 0.25) is 0 Å². The Bertz CT molecular complexity index is 686. The summed E-state index contributed by atoms with van der Waals surface area (Å²) in [5, 5.41) is 8.71. The maximum atomic E-state index is 12.5. The number of hydrogen-bond acceptors (Lipinski definition) is 3. The van der Waals surface area contributed by atoms with Crippen LogP contribution in [0.3, 0.4) is 0 Å². The smallest absolute Gasteiger partial charge is 0.263 e. The fraction of sp³-hybridized carbons (Fsp3) is 0.133. The van der Waals surface area contributed by atoms with Crippen LogP contribution in [-0.2, 0) is 0 Å². The van der Waals surface area contributed by atoms with Crippen LogP contribution in [0.1, 0.15) is 16.8 Å². The number of amides is 1. The Morgan fingerprint density at radius 1 is 1.25 bits per heavy atom. The van der Waals surface area contributed by atoms with Gasteiger partial charge in [0.05, 0.1) is 12.5 Å². The summed E-state index contributed by atoms with van der Waals surface area (Å²) in [6, 6.07) is 12.3. The molecule has 5 nitrogen and oxygen atoms in total. The molecule has 1 aromatic carbocycles. The van der Waals surface area contributed by atoms with Crippen LogP contribution < -0.4 is 10.3 Å². The summed E-state index contributed by atoms with van der Waals surface area (Å²) in [6.45, 7) is 0.244. The molecule has 1 aromatic heterocycles. The Morgan fingerprint density at radius 2 is 2.00 bits per heavy atom. The second-order valence-electron chi connectivity index (χ2n) is 4.12. The summed E-state index contributed by atoms with van der Waals surface area (Å²) >= 11 is 0. The third kappa shape index (κ3) is 2.93. The van der Waals surface area contributed by atoms with E-state index in [0.29, 0.717) is 5.69 Å². The predicted octanol–water partition coefficient (Wildman–Crippen LogP) is 1.94. The molecular formula is C15H13N3O2. The number of nitriles is 1. The number of anilines is 1. The third-order valence-electron chi connectivity index (χ3n) is 2.81. The quantitative estimate of drug-likeness (QED) is 0.919. The number of aromatic nitrogens is 1. The van der Waals surface area contributed by atoms with Crippen molar-refractivity contribution < 1.29 is 4.79 Å². The van der Waals surface area contributed by atoms with Crippen molar-refractivity contribution in [3.8, 4) is 6.07 Å². The molecule has 0 aliphatic heterocycles. The monoisotopic (exact) mass is 267 g/mol. The number of carbonyl (C=O) groups is 1. The highest BCUT2D eigenvalue weighted by molar-refractivity contribution is 6.05. The van der Waals surface area contributed by atoms with E-state index in [1.807, 2.05) is 12.1 Å². The molecule has 0 spiro atoms. The van der Waals surface area contributed by atoms with Gasteiger partial charge in [0, 0.05) is 30.7 Å². The Balaban J connectivity index is 2.37. The van der Waals surface area contributed by atoms with Gasteiger partial charge >= 0.3 is 0 Å². The van der Waals surface area contributed by atoms with E-state index in [1.165, 1.54) is 23.4 Å². The van der Waals surface area contributed by atoms with Crippen molar-refractivity contribution in [2.75, 3.05) is 11.4 Å². The van der Waals surface area contributed by atoms with Gasteiger partial charge in [-0.3, -0.25) is 9.59 Å². The van der Waals surface area contributed by atoms with Crippen LogP contribution in [0.2, 0.25) is 0 Å². The molecule has 2 aromatic rings. The first-order valence-electron chi connectivity index (χ1n) is 6.15. The zero-order chi connectivity index (χ0) is 14.4. The minimum absolute atomic E-state index is 0.0642. The molecule has 100 valence electrons. The highest BCUT2D eigenvalue weighted by atomic mass is 16.2. The Hall–Kier alpha value is -2.87. The Labute approximate surface area is 116 Å². The minimum Gasteiger partial charge on any atom is -0.367 e. The van der Waals surface area contributed by atoms with E-state index in [1.54, 1.807) is 24.3 Å². The van der Waals surface area contributed by atoms with Crippen LogP contribution in [0.15, 0.2) is 53.6 Å². The fourth-order valence-electron chi connectivity index (χ4n) is 1.85. The topological polar surface area (TPSA) is 77.0 Å². The second kappa shape index (κ2) is 6.34. The second-order valence-corrected chi connectivity index (χ2v) is 4.12. The summed E-state index contributed by atoms with van der Waals surface area (Å²) in [7, 11) is 0. The SMILES string of the molecule is N#CCCN(C(=O)c1c[nH]ccc1=O)c1ccccc1. The molecule has 0 aliphatic carbocycles. The summed E-state index contributed by atoms with van der Waals surface area (Å²) < 4.78 is 0. The summed E-state index contributed by atoms with van der Waals surface area (Å²) in [5.41, 5.74) is 0.386. The number of aromatic amines is 1. The first kappa shape index (κ1) is 13.6. The largest absolute Gasteiger partial charge is 0.367 e. The Morgan fingerprint density at radius 3 is 2.65 bits per heavy atom. The van der Waals surface area contributed by atoms with Crippen LogP contribution in [0, 0.1) is 11.3 Å². The number of hydrogen-bond donors (Lipinski definition) is 1. The number of pyridine rings is 1. The van der Waals surface area contributed by atoms with Crippen LogP contribution in [-0.4, -0.2) is 17.4 Å². The molecule has 0 unspecified atom stereocenters. The highest BCUT2D eigenvalue weighted by Gasteiger charge is 2.19. The molecule has 1 heterocycles. The number of para-hydroxylation sites is 1. The number of H-pyrrole nitrogens is 1. The van der Waals surface area contributed by atoms with E-state index in [9.17, 15) is 9.59 Å². The van der Waals surface area contributed by atoms with Gasteiger partial charge in [0.25, 0.3) is 5.91 Å². The van der Waals surface area contributed by atoms with E-state index in [2.05, 4.69) is 4.98 Å². The van der Waals surface area contributed by atoms with Gasteiger partial charge in [-0.05, 0) is 12.1 Å². The molecule has 0 saturated heterocycles. The van der Waals surface area contributed by atoms with Crippen LogP contribution in [0.4, 0.5) is 5.69 Å². The number of nitrogens with zero attached hydrogens (tertiary/aromatic N) is 2. The van der Waals surface area contributed by atoms with E-state index in [4.69, 9.17) is 5.26 Å². The maximum absolute atomic E-state index is 12.5.